The Morgan fingerprint density at radius 2 is 1.91 bits per heavy atom. The minimum Gasteiger partial charge on any atom is -0.333 e. The van der Waals surface area contributed by atoms with Crippen molar-refractivity contribution >= 4 is 28.7 Å². The summed E-state index contributed by atoms with van der Waals surface area (Å²) in [6.07, 6.45) is 0. The summed E-state index contributed by atoms with van der Waals surface area (Å²) in [6, 6.07) is 9.06. The molecule has 2 amide bonds. The van der Waals surface area contributed by atoms with E-state index in [1.165, 1.54) is 11.3 Å². The lowest BCUT2D eigenvalue weighted by Crippen LogP contribution is -2.19. The molecule has 0 aliphatic rings. The molecule has 0 saturated carbocycles. The van der Waals surface area contributed by atoms with Gasteiger partial charge in [-0.05, 0) is 37.4 Å². The fraction of sp³-hybridized carbons (Fsp3) is 0.133. The molecule has 2 N–H and O–H groups in total. The summed E-state index contributed by atoms with van der Waals surface area (Å²) in [5, 5.41) is 11.2. The van der Waals surface area contributed by atoms with Gasteiger partial charge in [-0.25, -0.2) is 4.79 Å². The summed E-state index contributed by atoms with van der Waals surface area (Å²) in [7, 11) is 0. The molecule has 0 bridgehead atoms. The van der Waals surface area contributed by atoms with E-state index in [2.05, 4.69) is 20.8 Å². The lowest BCUT2D eigenvalue weighted by molar-refractivity contribution is 0.262. The van der Waals surface area contributed by atoms with Crippen LogP contribution in [0.15, 0.2) is 40.2 Å². The van der Waals surface area contributed by atoms with Crippen molar-refractivity contribution in [3.8, 4) is 10.8 Å². The lowest BCUT2D eigenvalue weighted by Gasteiger charge is -2.07. The molecular weight excluding hydrogens is 300 g/mol. The number of carbonyl (C=O) groups excluding carboxylic acids is 1. The Balaban J connectivity index is 1.72. The van der Waals surface area contributed by atoms with Crippen molar-refractivity contribution in [2.24, 2.45) is 0 Å². The van der Waals surface area contributed by atoms with Crippen LogP contribution >= 0.6 is 11.3 Å². The van der Waals surface area contributed by atoms with Crippen molar-refractivity contribution in [3.05, 3.63) is 47.1 Å². The molecule has 6 nitrogen and oxygen atoms in total. The molecule has 0 radical (unpaired) electrons. The zero-order chi connectivity index (χ0) is 15.5. The predicted octanol–water partition coefficient (Wildman–Crippen LogP) is 4.06. The van der Waals surface area contributed by atoms with Crippen LogP contribution in [0.2, 0.25) is 0 Å². The minimum absolute atomic E-state index is 0.320. The van der Waals surface area contributed by atoms with E-state index in [9.17, 15) is 4.79 Å². The van der Waals surface area contributed by atoms with E-state index in [4.69, 9.17) is 4.52 Å². The van der Waals surface area contributed by atoms with Crippen LogP contribution in [-0.4, -0.2) is 16.2 Å². The predicted molar refractivity (Wildman–Crippen MR) is 86.2 cm³/mol. The Bertz CT molecular complexity index is 792. The smallest absolute Gasteiger partial charge is 0.323 e. The zero-order valence-corrected chi connectivity index (χ0v) is 12.9. The topological polar surface area (TPSA) is 80.0 Å². The van der Waals surface area contributed by atoms with Crippen LogP contribution in [0.25, 0.3) is 10.8 Å². The molecule has 2 aromatic heterocycles. The third-order valence-electron chi connectivity index (χ3n) is 2.94. The number of benzene rings is 1. The summed E-state index contributed by atoms with van der Waals surface area (Å²) in [5.74, 6) is 0.955. The van der Waals surface area contributed by atoms with E-state index in [0.717, 1.165) is 16.1 Å². The average Bonchev–Trinajstić information content (AvgIpc) is 3.10. The average molecular weight is 314 g/mol. The van der Waals surface area contributed by atoms with E-state index >= 15 is 0 Å². The van der Waals surface area contributed by atoms with Gasteiger partial charge in [-0.15, -0.1) is 11.3 Å². The first-order valence-electron chi connectivity index (χ1n) is 6.64. The van der Waals surface area contributed by atoms with Gasteiger partial charge in [0.2, 0.25) is 0 Å². The van der Waals surface area contributed by atoms with Crippen LogP contribution in [0, 0.1) is 13.8 Å². The fourth-order valence-electron chi connectivity index (χ4n) is 1.88. The fourth-order valence-corrected chi connectivity index (χ4v) is 2.65. The number of carbonyl (C=O) groups is 1. The third-order valence-corrected chi connectivity index (χ3v) is 3.85. The molecule has 3 aromatic rings. The van der Waals surface area contributed by atoms with Gasteiger partial charge < -0.3 is 15.2 Å². The molecule has 0 fully saturated rings. The van der Waals surface area contributed by atoms with Crippen molar-refractivity contribution in [1.29, 1.82) is 0 Å². The van der Waals surface area contributed by atoms with Crippen molar-refractivity contribution in [1.82, 2.24) is 10.1 Å². The summed E-state index contributed by atoms with van der Waals surface area (Å²) < 4.78 is 5.14. The summed E-state index contributed by atoms with van der Waals surface area (Å²) in [4.78, 5) is 17.0. The van der Waals surface area contributed by atoms with E-state index in [0.29, 0.717) is 17.4 Å². The van der Waals surface area contributed by atoms with Crippen LogP contribution in [-0.2, 0) is 0 Å². The van der Waals surface area contributed by atoms with Gasteiger partial charge >= 0.3 is 6.03 Å². The Hall–Kier alpha value is -2.67. The van der Waals surface area contributed by atoms with Crippen molar-refractivity contribution in [2.45, 2.75) is 13.8 Å². The molecule has 1 aromatic carbocycles. The SMILES string of the molecule is Cc1ccc(NC(=O)Nc2ccsc2-c2nc(C)no2)cc1. The highest BCUT2D eigenvalue weighted by molar-refractivity contribution is 7.14. The van der Waals surface area contributed by atoms with Gasteiger partial charge in [0.1, 0.15) is 4.88 Å². The van der Waals surface area contributed by atoms with Crippen LogP contribution < -0.4 is 10.6 Å². The van der Waals surface area contributed by atoms with Crippen molar-refractivity contribution < 1.29 is 9.32 Å². The maximum absolute atomic E-state index is 12.1. The molecule has 112 valence electrons. The third kappa shape index (κ3) is 3.15. The van der Waals surface area contributed by atoms with Crippen molar-refractivity contribution in [3.63, 3.8) is 0 Å². The van der Waals surface area contributed by atoms with Crippen LogP contribution in [0.4, 0.5) is 16.2 Å². The maximum Gasteiger partial charge on any atom is 0.323 e. The number of aryl methyl sites for hydroxylation is 2. The van der Waals surface area contributed by atoms with E-state index < -0.39 is 0 Å². The highest BCUT2D eigenvalue weighted by Crippen LogP contribution is 2.32. The number of hydrogen-bond acceptors (Lipinski definition) is 5. The largest absolute Gasteiger partial charge is 0.333 e. The number of amides is 2. The van der Waals surface area contributed by atoms with Gasteiger partial charge in [0.05, 0.1) is 5.69 Å². The molecule has 7 heteroatoms. The van der Waals surface area contributed by atoms with Gasteiger partial charge in [-0.1, -0.05) is 22.9 Å². The maximum atomic E-state index is 12.1. The number of nitrogens with one attached hydrogen (secondary N) is 2. The van der Waals surface area contributed by atoms with E-state index in [-0.39, 0.29) is 6.03 Å². The number of hydrogen-bond donors (Lipinski definition) is 2. The zero-order valence-electron chi connectivity index (χ0n) is 12.1. The first-order chi connectivity index (χ1) is 10.6. The van der Waals surface area contributed by atoms with Gasteiger partial charge in [0.25, 0.3) is 5.89 Å². The Morgan fingerprint density at radius 1 is 1.14 bits per heavy atom. The lowest BCUT2D eigenvalue weighted by atomic mass is 10.2. The summed E-state index contributed by atoms with van der Waals surface area (Å²) in [6.45, 7) is 3.74. The number of nitrogens with zero attached hydrogens (tertiary/aromatic N) is 2. The Labute approximate surface area is 131 Å². The van der Waals surface area contributed by atoms with E-state index in [1.807, 2.05) is 36.6 Å². The number of urea groups is 1. The molecular formula is C15H14N4O2S. The molecule has 0 spiro atoms. The second kappa shape index (κ2) is 5.98. The molecule has 3 rings (SSSR count). The van der Waals surface area contributed by atoms with Crippen LogP contribution in [0.1, 0.15) is 11.4 Å². The highest BCUT2D eigenvalue weighted by Gasteiger charge is 2.15. The number of thiophene rings is 1. The Morgan fingerprint density at radius 3 is 2.59 bits per heavy atom. The Kier molecular flexibility index (Phi) is 3.88. The monoisotopic (exact) mass is 314 g/mol. The van der Waals surface area contributed by atoms with Crippen molar-refractivity contribution in [2.75, 3.05) is 10.6 Å². The molecule has 0 atom stereocenters. The molecule has 0 unspecified atom stereocenters. The van der Waals surface area contributed by atoms with Crippen LogP contribution in [0.3, 0.4) is 0 Å². The number of anilines is 2. The van der Waals surface area contributed by atoms with Gasteiger partial charge in [-0.2, -0.15) is 4.98 Å². The molecule has 0 aliphatic carbocycles. The van der Waals surface area contributed by atoms with Gasteiger partial charge in [-0.3, -0.25) is 0 Å². The summed E-state index contributed by atoms with van der Waals surface area (Å²) >= 11 is 1.43. The highest BCUT2D eigenvalue weighted by atomic mass is 32.1. The standard InChI is InChI=1S/C15H14N4O2S/c1-9-3-5-11(6-4-9)17-15(20)18-12-7-8-22-13(12)14-16-10(2)19-21-14/h3-8H,1-2H3,(H2,17,18,20). The molecule has 22 heavy (non-hydrogen) atoms. The first-order valence-corrected chi connectivity index (χ1v) is 7.52. The summed E-state index contributed by atoms with van der Waals surface area (Å²) in [5.41, 5.74) is 2.50. The number of aromatic nitrogens is 2. The van der Waals surface area contributed by atoms with E-state index in [1.54, 1.807) is 13.0 Å². The first kappa shape index (κ1) is 14.3. The second-order valence-electron chi connectivity index (χ2n) is 4.76. The normalized spacial score (nSPS) is 10.5. The quantitative estimate of drug-likeness (QED) is 0.764. The molecule has 0 saturated heterocycles. The second-order valence-corrected chi connectivity index (χ2v) is 5.67. The number of rotatable bonds is 3. The van der Waals surface area contributed by atoms with Gasteiger partial charge in [0.15, 0.2) is 5.82 Å². The minimum atomic E-state index is -0.320. The molecule has 0 aliphatic heterocycles. The molecule has 2 heterocycles. The van der Waals surface area contributed by atoms with Gasteiger partial charge in [0, 0.05) is 5.69 Å². The van der Waals surface area contributed by atoms with Crippen LogP contribution in [0.5, 0.6) is 0 Å².